The van der Waals surface area contributed by atoms with E-state index in [1.54, 1.807) is 0 Å². The molecule has 1 heterocycles. The first-order valence-corrected chi connectivity index (χ1v) is 10.9. The molecule has 1 N–H and O–H groups in total. The van der Waals surface area contributed by atoms with Crippen LogP contribution in [0.4, 0.5) is 4.79 Å². The van der Waals surface area contributed by atoms with E-state index in [4.69, 9.17) is 9.57 Å². The Hall–Kier alpha value is -3.32. The van der Waals surface area contributed by atoms with Crippen LogP contribution in [0, 0.1) is 0 Å². The summed E-state index contributed by atoms with van der Waals surface area (Å²) in [5.74, 6) is 0.481. The molecule has 1 atom stereocenters. The summed E-state index contributed by atoms with van der Waals surface area (Å²) < 4.78 is 5.68. The Morgan fingerprint density at radius 1 is 1.00 bits per heavy atom. The third kappa shape index (κ3) is 5.44. The van der Waals surface area contributed by atoms with Gasteiger partial charge in [-0.3, -0.25) is 14.9 Å². The molecule has 0 saturated carbocycles. The summed E-state index contributed by atoms with van der Waals surface area (Å²) in [6.07, 6.45) is 0.508. The Kier molecular flexibility index (Phi) is 6.52. The maximum absolute atomic E-state index is 11.7. The van der Waals surface area contributed by atoms with Crippen LogP contribution < -0.4 is 10.1 Å². The van der Waals surface area contributed by atoms with E-state index in [0.29, 0.717) is 25.4 Å². The summed E-state index contributed by atoms with van der Waals surface area (Å²) in [6.45, 7) is 2.61. The molecule has 158 valence electrons. The Morgan fingerprint density at radius 3 is 2.52 bits per heavy atom. The summed E-state index contributed by atoms with van der Waals surface area (Å²) in [4.78, 5) is 28.3. The average molecular weight is 435 g/mol. The summed E-state index contributed by atoms with van der Waals surface area (Å²) in [5, 5.41) is 8.20. The van der Waals surface area contributed by atoms with Gasteiger partial charge in [-0.2, -0.15) is 0 Å². The smallest absolute Gasteiger partial charge is 0.286 e. The molecule has 7 heteroatoms. The number of carbonyl (C=O) groups excluding carboxylic acids is 2. The van der Waals surface area contributed by atoms with E-state index < -0.39 is 0 Å². The van der Waals surface area contributed by atoms with Crippen molar-refractivity contribution in [1.82, 2.24) is 5.32 Å². The van der Waals surface area contributed by atoms with E-state index in [-0.39, 0.29) is 16.4 Å². The van der Waals surface area contributed by atoms with Crippen LogP contribution in [0.5, 0.6) is 5.75 Å². The van der Waals surface area contributed by atoms with Crippen molar-refractivity contribution in [2.45, 2.75) is 18.6 Å². The van der Waals surface area contributed by atoms with Crippen LogP contribution in [0.3, 0.4) is 0 Å². The minimum atomic E-state index is -0.364. The maximum Gasteiger partial charge on any atom is 0.286 e. The van der Waals surface area contributed by atoms with Crippen LogP contribution in [0.25, 0.3) is 10.8 Å². The number of fused-ring (bicyclic) bond motifs is 1. The molecule has 1 aliphatic rings. The first-order chi connectivity index (χ1) is 15.1. The van der Waals surface area contributed by atoms with Gasteiger partial charge in [-0.15, -0.1) is 0 Å². The predicted molar refractivity (Wildman–Crippen MR) is 123 cm³/mol. The third-order valence-electron chi connectivity index (χ3n) is 4.92. The molecular formula is C24H22N2O4S. The topological polar surface area (TPSA) is 77.0 Å². The van der Waals surface area contributed by atoms with Gasteiger partial charge in [0.1, 0.15) is 12.4 Å². The Bertz CT molecular complexity index is 1130. The summed E-state index contributed by atoms with van der Waals surface area (Å²) in [6, 6.07) is 21.9. The molecule has 0 radical (unpaired) electrons. The molecule has 2 amide bonds. The highest BCUT2D eigenvalue weighted by Gasteiger charge is 2.31. The molecule has 3 aromatic rings. The third-order valence-corrected chi connectivity index (χ3v) is 5.90. The lowest BCUT2D eigenvalue weighted by atomic mass is 10.0. The summed E-state index contributed by atoms with van der Waals surface area (Å²) in [7, 11) is 0. The molecule has 1 aliphatic heterocycles. The fourth-order valence-corrected chi connectivity index (χ4v) is 4.13. The lowest BCUT2D eigenvalue weighted by Gasteiger charge is -2.08. The number of oxime groups is 1. The Labute approximate surface area is 184 Å². The number of benzene rings is 3. The van der Waals surface area contributed by atoms with Gasteiger partial charge in [0.2, 0.25) is 5.91 Å². The first-order valence-electron chi connectivity index (χ1n) is 9.97. The molecular weight excluding hydrogens is 412 g/mol. The molecule has 1 fully saturated rings. The molecule has 1 unspecified atom stereocenters. The van der Waals surface area contributed by atoms with Gasteiger partial charge in [0.05, 0.1) is 11.0 Å². The number of imide groups is 1. The normalized spacial score (nSPS) is 16.4. The molecule has 0 spiro atoms. The van der Waals surface area contributed by atoms with Crippen LogP contribution in [-0.2, 0) is 16.1 Å². The van der Waals surface area contributed by atoms with E-state index >= 15 is 0 Å². The van der Waals surface area contributed by atoms with Gasteiger partial charge in [0.15, 0.2) is 6.61 Å². The van der Waals surface area contributed by atoms with Gasteiger partial charge in [0, 0.05) is 0 Å². The van der Waals surface area contributed by atoms with Crippen LogP contribution in [0.1, 0.15) is 18.1 Å². The van der Waals surface area contributed by atoms with E-state index in [1.807, 2.05) is 49.4 Å². The van der Waals surface area contributed by atoms with Crippen LogP contribution >= 0.6 is 11.8 Å². The minimum absolute atomic E-state index is 0.230. The van der Waals surface area contributed by atoms with E-state index in [0.717, 1.165) is 28.6 Å². The molecule has 0 aliphatic carbocycles. The standard InChI is InChI=1S/C24H22N2O4S/c1-16(19-9-8-18-4-2-3-5-20(18)15-19)26-30-13-12-29-21-10-6-17(7-11-21)14-22-23(27)25-24(28)31-22/h2-11,15,22H,12-14H2,1H3,(H,25,27,28). The monoisotopic (exact) mass is 434 g/mol. The Balaban J connectivity index is 1.23. The van der Waals surface area contributed by atoms with Crippen molar-refractivity contribution < 1.29 is 19.2 Å². The lowest BCUT2D eigenvalue weighted by Crippen LogP contribution is -2.25. The highest BCUT2D eigenvalue weighted by molar-refractivity contribution is 8.15. The second-order valence-electron chi connectivity index (χ2n) is 7.15. The van der Waals surface area contributed by atoms with Gasteiger partial charge >= 0.3 is 0 Å². The minimum Gasteiger partial charge on any atom is -0.490 e. The van der Waals surface area contributed by atoms with E-state index in [2.05, 4.69) is 34.7 Å². The van der Waals surface area contributed by atoms with Crippen molar-refractivity contribution in [3.63, 3.8) is 0 Å². The lowest BCUT2D eigenvalue weighted by molar-refractivity contribution is -0.118. The van der Waals surface area contributed by atoms with Crippen molar-refractivity contribution >= 4 is 39.4 Å². The average Bonchev–Trinajstić information content (AvgIpc) is 3.10. The number of nitrogens with zero attached hydrogens (tertiary/aromatic N) is 1. The fourth-order valence-electron chi connectivity index (χ4n) is 3.27. The predicted octanol–water partition coefficient (Wildman–Crippen LogP) is 4.55. The quantitative estimate of drug-likeness (QED) is 0.320. The summed E-state index contributed by atoms with van der Waals surface area (Å²) >= 11 is 1.03. The number of amides is 2. The number of rotatable bonds is 8. The molecule has 0 bridgehead atoms. The number of hydrogen-bond acceptors (Lipinski definition) is 6. The molecule has 3 aromatic carbocycles. The number of thioether (sulfide) groups is 1. The van der Waals surface area contributed by atoms with Gasteiger partial charge in [-0.25, -0.2) is 0 Å². The molecule has 31 heavy (non-hydrogen) atoms. The van der Waals surface area contributed by atoms with Gasteiger partial charge < -0.3 is 9.57 Å². The van der Waals surface area contributed by atoms with Crippen molar-refractivity contribution in [2.24, 2.45) is 5.16 Å². The SMILES string of the molecule is CC(=NOCCOc1ccc(CC2SC(=O)NC2=O)cc1)c1ccc2ccccc2c1. The second kappa shape index (κ2) is 9.66. The number of hydrogen-bond donors (Lipinski definition) is 1. The zero-order chi connectivity index (χ0) is 21.6. The van der Waals surface area contributed by atoms with Gasteiger partial charge in [-0.05, 0) is 53.4 Å². The van der Waals surface area contributed by atoms with Gasteiger partial charge in [0.25, 0.3) is 5.24 Å². The molecule has 1 saturated heterocycles. The van der Waals surface area contributed by atoms with Crippen molar-refractivity contribution in [1.29, 1.82) is 0 Å². The molecule has 6 nitrogen and oxygen atoms in total. The van der Waals surface area contributed by atoms with E-state index in [1.165, 1.54) is 10.8 Å². The Morgan fingerprint density at radius 2 is 1.77 bits per heavy atom. The fraction of sp³-hybridized carbons (Fsp3) is 0.208. The van der Waals surface area contributed by atoms with Crippen molar-refractivity contribution in [3.8, 4) is 5.75 Å². The van der Waals surface area contributed by atoms with Crippen LogP contribution in [-0.4, -0.2) is 35.3 Å². The molecule has 4 rings (SSSR count). The van der Waals surface area contributed by atoms with Crippen molar-refractivity contribution in [2.75, 3.05) is 13.2 Å². The zero-order valence-electron chi connectivity index (χ0n) is 17.0. The van der Waals surface area contributed by atoms with Gasteiger partial charge in [-0.1, -0.05) is 65.4 Å². The highest BCUT2D eigenvalue weighted by atomic mass is 32.2. The largest absolute Gasteiger partial charge is 0.490 e. The first kappa shape index (κ1) is 20.9. The maximum atomic E-state index is 11.7. The highest BCUT2D eigenvalue weighted by Crippen LogP contribution is 2.24. The molecule has 0 aromatic heterocycles. The second-order valence-corrected chi connectivity index (χ2v) is 8.33. The number of carbonyl (C=O) groups is 2. The van der Waals surface area contributed by atoms with Crippen LogP contribution in [0.2, 0.25) is 0 Å². The number of ether oxygens (including phenoxy) is 1. The number of nitrogens with one attached hydrogen (secondary N) is 1. The van der Waals surface area contributed by atoms with Crippen LogP contribution in [0.15, 0.2) is 71.9 Å². The summed E-state index contributed by atoms with van der Waals surface area (Å²) in [5.41, 5.74) is 2.80. The zero-order valence-corrected chi connectivity index (χ0v) is 17.9. The van der Waals surface area contributed by atoms with E-state index in [9.17, 15) is 9.59 Å². The van der Waals surface area contributed by atoms with Crippen molar-refractivity contribution in [3.05, 3.63) is 77.9 Å².